The summed E-state index contributed by atoms with van der Waals surface area (Å²) in [7, 11) is 1.96. The fraction of sp³-hybridized carbons (Fsp3) is 0.467. The Labute approximate surface area is 124 Å². The number of hydrogen-bond acceptors (Lipinski definition) is 5. The van der Waals surface area contributed by atoms with E-state index in [1.807, 2.05) is 26.1 Å². The van der Waals surface area contributed by atoms with E-state index in [1.54, 1.807) is 0 Å². The van der Waals surface area contributed by atoms with Gasteiger partial charge in [0, 0.05) is 0 Å². The molecular weight excluding hydrogens is 270 g/mol. The molecule has 2 aromatic rings. The number of nitrogens with zero attached hydrogens (tertiary/aromatic N) is 2. The van der Waals surface area contributed by atoms with E-state index in [2.05, 4.69) is 40.9 Å². The smallest absolute Gasteiger partial charge is 0.119 e. The Bertz CT molecular complexity index is 554. The minimum atomic E-state index is 0.104. The van der Waals surface area contributed by atoms with E-state index in [4.69, 9.17) is 4.74 Å². The number of benzene rings is 1. The number of hydrogen-bond donors (Lipinski definition) is 1. The van der Waals surface area contributed by atoms with Crippen LogP contribution in [0.5, 0.6) is 5.75 Å². The lowest BCUT2D eigenvalue weighted by Crippen LogP contribution is -2.18. The Morgan fingerprint density at radius 1 is 1.35 bits per heavy atom. The Morgan fingerprint density at radius 2 is 2.15 bits per heavy atom. The first-order chi connectivity index (χ1) is 9.67. The second kappa shape index (κ2) is 6.81. The van der Waals surface area contributed by atoms with E-state index >= 15 is 0 Å². The van der Waals surface area contributed by atoms with Gasteiger partial charge < -0.3 is 10.1 Å². The summed E-state index contributed by atoms with van der Waals surface area (Å²) in [5.41, 5.74) is 2.24. The van der Waals surface area contributed by atoms with Crippen molar-refractivity contribution in [2.75, 3.05) is 13.7 Å². The van der Waals surface area contributed by atoms with Crippen molar-refractivity contribution in [3.05, 3.63) is 40.4 Å². The van der Waals surface area contributed by atoms with Crippen LogP contribution in [-0.2, 0) is 0 Å². The van der Waals surface area contributed by atoms with Crippen molar-refractivity contribution in [1.29, 1.82) is 0 Å². The molecule has 1 aromatic heterocycles. The number of ether oxygens (including phenoxy) is 1. The molecule has 5 heteroatoms. The molecule has 0 bridgehead atoms. The average molecular weight is 291 g/mol. The highest BCUT2D eigenvalue weighted by Gasteiger charge is 2.21. The molecule has 0 saturated heterocycles. The van der Waals surface area contributed by atoms with Gasteiger partial charge in [-0.1, -0.05) is 30.5 Å². The molecule has 0 amide bonds. The van der Waals surface area contributed by atoms with E-state index in [0.29, 0.717) is 12.5 Å². The monoisotopic (exact) mass is 291 g/mol. The van der Waals surface area contributed by atoms with Crippen LogP contribution in [0.2, 0.25) is 0 Å². The zero-order chi connectivity index (χ0) is 14.5. The first-order valence-electron chi connectivity index (χ1n) is 6.89. The molecule has 4 nitrogen and oxygen atoms in total. The van der Waals surface area contributed by atoms with Gasteiger partial charge in [0.25, 0.3) is 0 Å². The molecule has 0 radical (unpaired) electrons. The summed E-state index contributed by atoms with van der Waals surface area (Å²) < 4.78 is 9.70. The zero-order valence-corrected chi connectivity index (χ0v) is 13.2. The van der Waals surface area contributed by atoms with E-state index in [1.165, 1.54) is 22.0 Å². The van der Waals surface area contributed by atoms with Gasteiger partial charge in [-0.2, -0.15) is 0 Å². The summed E-state index contributed by atoms with van der Waals surface area (Å²) in [5.74, 6) is 1.27. The van der Waals surface area contributed by atoms with Crippen molar-refractivity contribution in [3.63, 3.8) is 0 Å². The lowest BCUT2D eigenvalue weighted by molar-refractivity contribution is 0.339. The Morgan fingerprint density at radius 3 is 2.80 bits per heavy atom. The van der Waals surface area contributed by atoms with Crippen LogP contribution in [0.4, 0.5) is 0 Å². The van der Waals surface area contributed by atoms with Crippen LogP contribution in [0.25, 0.3) is 0 Å². The third-order valence-electron chi connectivity index (χ3n) is 3.14. The van der Waals surface area contributed by atoms with Crippen LogP contribution >= 0.6 is 11.5 Å². The standard InChI is InChI=1S/C15H21N3OS/c1-5-19-12-8-6-7-11(9-12)14(16-4)15-13(10(2)3)17-18-20-15/h6-10,14,16H,5H2,1-4H3. The molecule has 0 aliphatic heterocycles. The molecule has 1 atom stereocenters. The number of nitrogens with one attached hydrogen (secondary N) is 1. The van der Waals surface area contributed by atoms with Gasteiger partial charge in [0.15, 0.2) is 0 Å². The van der Waals surface area contributed by atoms with Gasteiger partial charge in [0.2, 0.25) is 0 Å². The van der Waals surface area contributed by atoms with Gasteiger partial charge in [-0.15, -0.1) is 5.10 Å². The van der Waals surface area contributed by atoms with E-state index < -0.39 is 0 Å². The Kier molecular flexibility index (Phi) is 5.09. The molecule has 0 aliphatic carbocycles. The molecule has 1 unspecified atom stereocenters. The van der Waals surface area contributed by atoms with Crippen molar-refractivity contribution < 1.29 is 4.74 Å². The fourth-order valence-corrected chi connectivity index (χ4v) is 3.15. The predicted molar refractivity (Wildman–Crippen MR) is 82.5 cm³/mol. The highest BCUT2D eigenvalue weighted by Crippen LogP contribution is 2.31. The van der Waals surface area contributed by atoms with Crippen LogP contribution in [-0.4, -0.2) is 23.2 Å². The predicted octanol–water partition coefficient (Wildman–Crippen LogP) is 3.37. The van der Waals surface area contributed by atoms with Crippen molar-refractivity contribution in [2.45, 2.75) is 32.7 Å². The minimum Gasteiger partial charge on any atom is -0.494 e. The lowest BCUT2D eigenvalue weighted by atomic mass is 10.00. The first kappa shape index (κ1) is 14.9. The molecule has 2 rings (SSSR count). The number of rotatable bonds is 6. The van der Waals surface area contributed by atoms with Gasteiger partial charge in [-0.25, -0.2) is 0 Å². The quantitative estimate of drug-likeness (QED) is 0.886. The summed E-state index contributed by atoms with van der Waals surface area (Å²) in [6.45, 7) is 6.95. The van der Waals surface area contributed by atoms with Crippen LogP contribution in [0.15, 0.2) is 24.3 Å². The topological polar surface area (TPSA) is 47.0 Å². The zero-order valence-electron chi connectivity index (χ0n) is 12.4. The van der Waals surface area contributed by atoms with E-state index in [0.717, 1.165) is 11.4 Å². The van der Waals surface area contributed by atoms with Crippen molar-refractivity contribution in [3.8, 4) is 5.75 Å². The van der Waals surface area contributed by atoms with Crippen LogP contribution in [0.1, 0.15) is 48.9 Å². The highest BCUT2D eigenvalue weighted by atomic mass is 32.1. The maximum absolute atomic E-state index is 5.58. The highest BCUT2D eigenvalue weighted by molar-refractivity contribution is 7.05. The van der Waals surface area contributed by atoms with Crippen molar-refractivity contribution >= 4 is 11.5 Å². The SMILES string of the molecule is CCOc1cccc(C(NC)c2snnc2C(C)C)c1. The maximum Gasteiger partial charge on any atom is 0.119 e. The lowest BCUT2D eigenvalue weighted by Gasteiger charge is -2.17. The van der Waals surface area contributed by atoms with Gasteiger partial charge in [0.1, 0.15) is 5.75 Å². The second-order valence-electron chi connectivity index (χ2n) is 4.90. The third kappa shape index (κ3) is 3.16. The summed E-state index contributed by atoms with van der Waals surface area (Å²) in [5, 5.41) is 7.63. The summed E-state index contributed by atoms with van der Waals surface area (Å²) in [6, 6.07) is 8.29. The van der Waals surface area contributed by atoms with Gasteiger partial charge >= 0.3 is 0 Å². The Hall–Kier alpha value is -1.46. The summed E-state index contributed by atoms with van der Waals surface area (Å²) in [4.78, 5) is 1.18. The minimum absolute atomic E-state index is 0.104. The van der Waals surface area contributed by atoms with Crippen LogP contribution < -0.4 is 10.1 Å². The molecule has 0 fully saturated rings. The molecule has 1 heterocycles. The molecule has 0 aliphatic rings. The van der Waals surface area contributed by atoms with E-state index in [-0.39, 0.29) is 6.04 Å². The molecular formula is C15H21N3OS. The second-order valence-corrected chi connectivity index (χ2v) is 5.69. The van der Waals surface area contributed by atoms with Gasteiger partial charge in [-0.05, 0) is 49.1 Å². The maximum atomic E-state index is 5.58. The normalized spacial score (nSPS) is 12.7. The number of aromatic nitrogens is 2. The largest absolute Gasteiger partial charge is 0.494 e. The van der Waals surface area contributed by atoms with Crippen LogP contribution in [0, 0.1) is 0 Å². The molecule has 108 valence electrons. The van der Waals surface area contributed by atoms with Crippen LogP contribution in [0.3, 0.4) is 0 Å². The molecule has 1 N–H and O–H groups in total. The first-order valence-corrected chi connectivity index (χ1v) is 7.66. The molecule has 20 heavy (non-hydrogen) atoms. The fourth-order valence-electron chi connectivity index (χ4n) is 2.20. The molecule has 0 spiro atoms. The summed E-state index contributed by atoms with van der Waals surface area (Å²) in [6.07, 6.45) is 0. The third-order valence-corrected chi connectivity index (χ3v) is 3.95. The van der Waals surface area contributed by atoms with Gasteiger partial charge in [-0.3, -0.25) is 0 Å². The van der Waals surface area contributed by atoms with Crippen molar-refractivity contribution in [1.82, 2.24) is 14.9 Å². The Balaban J connectivity index is 2.36. The molecule has 1 aromatic carbocycles. The van der Waals surface area contributed by atoms with Gasteiger partial charge in [0.05, 0.1) is 23.2 Å². The van der Waals surface area contributed by atoms with Crippen molar-refractivity contribution in [2.24, 2.45) is 0 Å². The van der Waals surface area contributed by atoms with E-state index in [9.17, 15) is 0 Å². The molecule has 0 saturated carbocycles. The average Bonchev–Trinajstić information content (AvgIpc) is 2.90. The summed E-state index contributed by atoms with van der Waals surface area (Å²) >= 11 is 1.46.